The maximum atomic E-state index is 5.51. The summed E-state index contributed by atoms with van der Waals surface area (Å²) in [7, 11) is 3.37. The molecule has 3 aromatic rings. The first kappa shape index (κ1) is 11.8. The highest BCUT2D eigenvalue weighted by Crippen LogP contribution is 2.39. The van der Waals surface area contributed by atoms with Crippen molar-refractivity contribution in [3.63, 3.8) is 0 Å². The van der Waals surface area contributed by atoms with Crippen molar-refractivity contribution in [2.45, 2.75) is 6.92 Å². The Morgan fingerprint density at radius 2 is 1.74 bits per heavy atom. The van der Waals surface area contributed by atoms with Gasteiger partial charge in [0.05, 0.1) is 14.2 Å². The van der Waals surface area contributed by atoms with Gasteiger partial charge in [-0.05, 0) is 30.5 Å². The lowest BCUT2D eigenvalue weighted by atomic mass is 9.99. The van der Waals surface area contributed by atoms with E-state index in [1.54, 1.807) is 14.2 Å². The summed E-state index contributed by atoms with van der Waals surface area (Å²) < 4.78 is 11.0. The van der Waals surface area contributed by atoms with Crippen LogP contribution >= 0.6 is 0 Å². The molecule has 2 aromatic carbocycles. The second kappa shape index (κ2) is 4.43. The standard InChI is InChI=1S/C16H15NO2/c1-10-15-11(7-8-17-10)9-14(19-3)12-5-4-6-13(18-2)16(12)15/h4-9H,1-3H3. The summed E-state index contributed by atoms with van der Waals surface area (Å²) in [6, 6.07) is 10.0. The van der Waals surface area contributed by atoms with E-state index < -0.39 is 0 Å². The van der Waals surface area contributed by atoms with E-state index in [1.165, 1.54) is 0 Å². The summed E-state index contributed by atoms with van der Waals surface area (Å²) >= 11 is 0. The van der Waals surface area contributed by atoms with Gasteiger partial charge in [0.2, 0.25) is 0 Å². The predicted octanol–water partition coefficient (Wildman–Crippen LogP) is 3.71. The highest BCUT2D eigenvalue weighted by atomic mass is 16.5. The molecule has 19 heavy (non-hydrogen) atoms. The van der Waals surface area contributed by atoms with E-state index in [-0.39, 0.29) is 0 Å². The smallest absolute Gasteiger partial charge is 0.127 e. The van der Waals surface area contributed by atoms with Crippen LogP contribution in [-0.2, 0) is 0 Å². The molecule has 0 saturated carbocycles. The van der Waals surface area contributed by atoms with Gasteiger partial charge in [-0.1, -0.05) is 12.1 Å². The van der Waals surface area contributed by atoms with Crippen LogP contribution in [0.3, 0.4) is 0 Å². The van der Waals surface area contributed by atoms with Crippen molar-refractivity contribution in [3.8, 4) is 11.5 Å². The van der Waals surface area contributed by atoms with E-state index in [0.29, 0.717) is 0 Å². The molecule has 0 atom stereocenters. The van der Waals surface area contributed by atoms with Gasteiger partial charge in [0.1, 0.15) is 11.5 Å². The highest BCUT2D eigenvalue weighted by molar-refractivity contribution is 6.14. The van der Waals surface area contributed by atoms with E-state index in [9.17, 15) is 0 Å². The minimum atomic E-state index is 0.845. The van der Waals surface area contributed by atoms with Gasteiger partial charge in [-0.2, -0.15) is 0 Å². The second-order valence-corrected chi connectivity index (χ2v) is 4.46. The number of hydrogen-bond acceptors (Lipinski definition) is 3. The molecule has 0 aliphatic heterocycles. The van der Waals surface area contributed by atoms with E-state index in [1.807, 2.05) is 43.5 Å². The average molecular weight is 253 g/mol. The molecule has 3 rings (SSSR count). The molecule has 1 aromatic heterocycles. The first-order chi connectivity index (χ1) is 9.26. The molecule has 3 nitrogen and oxygen atoms in total. The van der Waals surface area contributed by atoms with Crippen LogP contribution in [0.25, 0.3) is 21.5 Å². The van der Waals surface area contributed by atoms with Gasteiger partial charge >= 0.3 is 0 Å². The van der Waals surface area contributed by atoms with Gasteiger partial charge in [0.25, 0.3) is 0 Å². The SMILES string of the molecule is COc1cc2ccnc(C)c2c2c(OC)cccc12. The van der Waals surface area contributed by atoms with E-state index in [0.717, 1.165) is 38.7 Å². The number of pyridine rings is 1. The summed E-state index contributed by atoms with van der Waals surface area (Å²) in [5.41, 5.74) is 0.995. The van der Waals surface area contributed by atoms with Crippen LogP contribution in [-0.4, -0.2) is 19.2 Å². The van der Waals surface area contributed by atoms with Crippen molar-refractivity contribution < 1.29 is 9.47 Å². The third kappa shape index (κ3) is 1.70. The molecule has 0 aliphatic carbocycles. The number of benzene rings is 2. The number of methoxy groups -OCH3 is 2. The summed E-state index contributed by atoms with van der Waals surface area (Å²) in [6.45, 7) is 2.01. The zero-order valence-electron chi connectivity index (χ0n) is 11.2. The van der Waals surface area contributed by atoms with Crippen LogP contribution < -0.4 is 9.47 Å². The normalized spacial score (nSPS) is 10.9. The maximum absolute atomic E-state index is 5.51. The number of rotatable bonds is 2. The van der Waals surface area contributed by atoms with Crippen molar-refractivity contribution in [1.82, 2.24) is 4.98 Å². The van der Waals surface area contributed by atoms with Crippen LogP contribution in [0.4, 0.5) is 0 Å². The fourth-order valence-electron chi connectivity index (χ4n) is 2.58. The van der Waals surface area contributed by atoms with Crippen LogP contribution in [0.2, 0.25) is 0 Å². The molecule has 0 bridgehead atoms. The number of fused-ring (bicyclic) bond motifs is 3. The number of aromatic nitrogens is 1. The largest absolute Gasteiger partial charge is 0.496 e. The third-order valence-electron chi connectivity index (χ3n) is 3.44. The van der Waals surface area contributed by atoms with Crippen LogP contribution in [0.15, 0.2) is 36.5 Å². The first-order valence-electron chi connectivity index (χ1n) is 6.15. The van der Waals surface area contributed by atoms with Crippen LogP contribution in [0, 0.1) is 6.92 Å². The molecule has 0 saturated heterocycles. The molecule has 0 aliphatic rings. The molecule has 1 heterocycles. The Bertz CT molecular complexity index is 765. The maximum Gasteiger partial charge on any atom is 0.127 e. The zero-order chi connectivity index (χ0) is 13.4. The molecule has 0 amide bonds. The Hall–Kier alpha value is -2.29. The lowest BCUT2D eigenvalue weighted by molar-refractivity contribution is 0.416. The zero-order valence-corrected chi connectivity index (χ0v) is 11.2. The van der Waals surface area contributed by atoms with Crippen LogP contribution in [0.1, 0.15) is 5.69 Å². The van der Waals surface area contributed by atoms with Gasteiger partial charge in [0, 0.05) is 28.0 Å². The number of ether oxygens (including phenoxy) is 2. The Balaban J connectivity index is 2.62. The minimum Gasteiger partial charge on any atom is -0.496 e. The molecule has 3 heteroatoms. The number of nitrogens with zero attached hydrogens (tertiary/aromatic N) is 1. The molecule has 0 radical (unpaired) electrons. The third-order valence-corrected chi connectivity index (χ3v) is 3.44. The van der Waals surface area contributed by atoms with Crippen LogP contribution in [0.5, 0.6) is 11.5 Å². The minimum absolute atomic E-state index is 0.845. The summed E-state index contributed by atoms with van der Waals surface area (Å²) in [4.78, 5) is 4.39. The van der Waals surface area contributed by atoms with Crippen molar-refractivity contribution in [2.75, 3.05) is 14.2 Å². The molecule has 0 unspecified atom stereocenters. The lowest BCUT2D eigenvalue weighted by Crippen LogP contribution is -1.92. The van der Waals surface area contributed by atoms with Gasteiger partial charge in [-0.25, -0.2) is 0 Å². The quantitative estimate of drug-likeness (QED) is 0.652. The lowest BCUT2D eigenvalue weighted by Gasteiger charge is -2.13. The summed E-state index contributed by atoms with van der Waals surface area (Å²) in [5, 5.41) is 4.34. The fourth-order valence-corrected chi connectivity index (χ4v) is 2.58. The van der Waals surface area contributed by atoms with Crippen molar-refractivity contribution in [1.29, 1.82) is 0 Å². The van der Waals surface area contributed by atoms with E-state index >= 15 is 0 Å². The van der Waals surface area contributed by atoms with E-state index in [2.05, 4.69) is 4.98 Å². The molecule has 96 valence electrons. The molecule has 0 N–H and O–H groups in total. The Morgan fingerprint density at radius 3 is 2.47 bits per heavy atom. The van der Waals surface area contributed by atoms with Gasteiger partial charge < -0.3 is 9.47 Å². The number of hydrogen-bond donors (Lipinski definition) is 0. The molecular formula is C16H15NO2. The topological polar surface area (TPSA) is 31.4 Å². The van der Waals surface area contributed by atoms with Crippen molar-refractivity contribution in [2.24, 2.45) is 0 Å². The summed E-state index contributed by atoms with van der Waals surface area (Å²) in [6.07, 6.45) is 1.82. The van der Waals surface area contributed by atoms with Crippen molar-refractivity contribution in [3.05, 3.63) is 42.2 Å². The summed E-state index contributed by atoms with van der Waals surface area (Å²) in [5.74, 6) is 1.70. The molecule has 0 fully saturated rings. The molecular weight excluding hydrogens is 238 g/mol. The first-order valence-corrected chi connectivity index (χ1v) is 6.15. The Labute approximate surface area is 111 Å². The van der Waals surface area contributed by atoms with Crippen molar-refractivity contribution >= 4 is 21.5 Å². The van der Waals surface area contributed by atoms with Gasteiger partial charge in [-0.15, -0.1) is 0 Å². The average Bonchev–Trinajstić information content (AvgIpc) is 2.45. The predicted molar refractivity (Wildman–Crippen MR) is 77.1 cm³/mol. The second-order valence-electron chi connectivity index (χ2n) is 4.46. The molecule has 0 spiro atoms. The Morgan fingerprint density at radius 1 is 0.947 bits per heavy atom. The van der Waals surface area contributed by atoms with Gasteiger partial charge in [0.15, 0.2) is 0 Å². The van der Waals surface area contributed by atoms with E-state index in [4.69, 9.17) is 9.47 Å². The number of aryl methyl sites for hydroxylation is 1. The van der Waals surface area contributed by atoms with Gasteiger partial charge in [-0.3, -0.25) is 4.98 Å². The highest BCUT2D eigenvalue weighted by Gasteiger charge is 2.13. The fraction of sp³-hybridized carbons (Fsp3) is 0.188. The monoisotopic (exact) mass is 253 g/mol. The Kier molecular flexibility index (Phi) is 2.75.